The Hall–Kier alpha value is -1.39. The minimum Gasteiger partial charge on any atom is -0.271 e. The largest absolute Gasteiger partial charge is 0.271 e. The van der Waals surface area contributed by atoms with Crippen LogP contribution in [0.4, 0.5) is 0 Å². The first-order valence-electron chi connectivity index (χ1n) is 7.60. The summed E-state index contributed by atoms with van der Waals surface area (Å²) in [6.45, 7) is 7.51. The van der Waals surface area contributed by atoms with E-state index in [-0.39, 0.29) is 6.04 Å². The highest BCUT2D eigenvalue weighted by atomic mass is 15.3. The molecule has 4 heteroatoms. The van der Waals surface area contributed by atoms with Crippen molar-refractivity contribution in [3.63, 3.8) is 0 Å². The zero-order chi connectivity index (χ0) is 14.5. The van der Waals surface area contributed by atoms with Gasteiger partial charge in [-0.15, -0.1) is 0 Å². The van der Waals surface area contributed by atoms with Gasteiger partial charge in [0, 0.05) is 24.4 Å². The number of hydrogen-bond donors (Lipinski definition) is 2. The van der Waals surface area contributed by atoms with E-state index in [1.165, 1.54) is 17.3 Å². The van der Waals surface area contributed by atoms with E-state index in [9.17, 15) is 0 Å². The van der Waals surface area contributed by atoms with Gasteiger partial charge < -0.3 is 0 Å². The fourth-order valence-corrected chi connectivity index (χ4v) is 2.68. The van der Waals surface area contributed by atoms with Gasteiger partial charge in [0.05, 0.1) is 11.2 Å². The van der Waals surface area contributed by atoms with Gasteiger partial charge in [0.25, 0.3) is 0 Å². The second-order valence-corrected chi connectivity index (χ2v) is 5.60. The normalized spacial score (nSPS) is 14.6. The number of hydrazine groups is 1. The second-order valence-electron chi connectivity index (χ2n) is 5.60. The zero-order valence-electron chi connectivity index (χ0n) is 12.8. The Balaban J connectivity index is 2.24. The van der Waals surface area contributed by atoms with E-state index >= 15 is 0 Å². The smallest absolute Gasteiger partial charge is 0.0719 e. The molecule has 0 saturated heterocycles. The summed E-state index contributed by atoms with van der Waals surface area (Å²) in [6.07, 6.45) is 3.15. The molecule has 20 heavy (non-hydrogen) atoms. The highest BCUT2D eigenvalue weighted by Crippen LogP contribution is 2.21. The molecule has 0 aliphatic rings. The summed E-state index contributed by atoms with van der Waals surface area (Å²) in [6, 6.07) is 8.72. The van der Waals surface area contributed by atoms with Gasteiger partial charge in [-0.2, -0.15) is 5.10 Å². The van der Waals surface area contributed by atoms with E-state index in [4.69, 9.17) is 10.9 Å². The van der Waals surface area contributed by atoms with E-state index in [0.717, 1.165) is 25.1 Å². The molecule has 2 unspecified atom stereocenters. The van der Waals surface area contributed by atoms with Crippen molar-refractivity contribution in [2.24, 2.45) is 11.8 Å². The van der Waals surface area contributed by atoms with Crippen LogP contribution in [0.15, 0.2) is 24.3 Å². The molecule has 4 nitrogen and oxygen atoms in total. The second kappa shape index (κ2) is 6.86. The molecule has 0 fully saturated rings. The van der Waals surface area contributed by atoms with Gasteiger partial charge in [-0.25, -0.2) is 0 Å². The lowest BCUT2D eigenvalue weighted by molar-refractivity contribution is 0.394. The molecule has 3 N–H and O–H groups in total. The zero-order valence-corrected chi connectivity index (χ0v) is 12.8. The summed E-state index contributed by atoms with van der Waals surface area (Å²) in [5.41, 5.74) is 5.32. The molecule has 0 amide bonds. The highest BCUT2D eigenvalue weighted by molar-refractivity contribution is 5.82. The minimum atomic E-state index is 0.286. The third-order valence-corrected chi connectivity index (χ3v) is 4.09. The van der Waals surface area contributed by atoms with Crippen molar-refractivity contribution in [1.29, 1.82) is 0 Å². The molecule has 2 aromatic rings. The standard InChI is InChI=1S/C16H26N4/c1-4-12(3)10-13(18-17)11-15-14-8-6-7-9-16(14)20(5-2)19-15/h6-9,12-13,18H,4-5,10-11,17H2,1-3H3. The van der Waals surface area contributed by atoms with Gasteiger partial charge in [0.2, 0.25) is 0 Å². The van der Waals surface area contributed by atoms with Crippen LogP contribution in [0.25, 0.3) is 10.9 Å². The molecule has 1 heterocycles. The SMILES string of the molecule is CCC(C)CC(Cc1nn(CC)c2ccccc12)NN. The van der Waals surface area contributed by atoms with Gasteiger partial charge in [-0.1, -0.05) is 38.5 Å². The van der Waals surface area contributed by atoms with Crippen LogP contribution < -0.4 is 11.3 Å². The van der Waals surface area contributed by atoms with E-state index < -0.39 is 0 Å². The number of rotatable bonds is 7. The number of aromatic nitrogens is 2. The van der Waals surface area contributed by atoms with Crippen LogP contribution in [0.5, 0.6) is 0 Å². The van der Waals surface area contributed by atoms with Crippen LogP contribution >= 0.6 is 0 Å². The number of nitrogens with two attached hydrogens (primary N) is 1. The fourth-order valence-electron chi connectivity index (χ4n) is 2.68. The summed E-state index contributed by atoms with van der Waals surface area (Å²) >= 11 is 0. The molecule has 2 atom stereocenters. The molecular formula is C16H26N4. The number of hydrogen-bond acceptors (Lipinski definition) is 3. The number of para-hydroxylation sites is 1. The van der Waals surface area contributed by atoms with E-state index in [1.807, 2.05) is 0 Å². The Kier molecular flexibility index (Phi) is 5.15. The lowest BCUT2D eigenvalue weighted by Crippen LogP contribution is -2.38. The van der Waals surface area contributed by atoms with Crippen molar-refractivity contribution in [3.05, 3.63) is 30.0 Å². The van der Waals surface area contributed by atoms with Crippen molar-refractivity contribution in [1.82, 2.24) is 15.2 Å². The van der Waals surface area contributed by atoms with Gasteiger partial charge >= 0.3 is 0 Å². The Morgan fingerprint density at radius 2 is 2.05 bits per heavy atom. The maximum Gasteiger partial charge on any atom is 0.0719 e. The lowest BCUT2D eigenvalue weighted by atomic mass is 9.96. The number of benzene rings is 1. The van der Waals surface area contributed by atoms with Gasteiger partial charge in [0.1, 0.15) is 0 Å². The predicted molar refractivity (Wildman–Crippen MR) is 84.3 cm³/mol. The van der Waals surface area contributed by atoms with E-state index in [2.05, 4.69) is 55.1 Å². The Morgan fingerprint density at radius 1 is 1.30 bits per heavy atom. The first-order valence-corrected chi connectivity index (χ1v) is 7.60. The van der Waals surface area contributed by atoms with Crippen LogP contribution in [-0.2, 0) is 13.0 Å². The van der Waals surface area contributed by atoms with Gasteiger partial charge in [-0.3, -0.25) is 16.0 Å². The van der Waals surface area contributed by atoms with Crippen molar-refractivity contribution >= 4 is 10.9 Å². The summed E-state index contributed by atoms with van der Waals surface area (Å²) in [5.74, 6) is 6.40. The van der Waals surface area contributed by atoms with Crippen LogP contribution in [0.1, 0.15) is 39.3 Å². The van der Waals surface area contributed by atoms with Crippen molar-refractivity contribution in [3.8, 4) is 0 Å². The highest BCUT2D eigenvalue weighted by Gasteiger charge is 2.16. The van der Waals surface area contributed by atoms with Crippen molar-refractivity contribution in [2.75, 3.05) is 0 Å². The molecule has 0 aliphatic carbocycles. The third kappa shape index (κ3) is 3.19. The van der Waals surface area contributed by atoms with Crippen LogP contribution in [0.2, 0.25) is 0 Å². The molecule has 2 rings (SSSR count). The lowest BCUT2D eigenvalue weighted by Gasteiger charge is -2.18. The molecule has 0 saturated carbocycles. The van der Waals surface area contributed by atoms with Crippen molar-refractivity contribution in [2.45, 2.75) is 52.6 Å². The van der Waals surface area contributed by atoms with E-state index in [1.54, 1.807) is 0 Å². The van der Waals surface area contributed by atoms with Crippen LogP contribution in [0.3, 0.4) is 0 Å². The average Bonchev–Trinajstić information content (AvgIpc) is 2.84. The summed E-state index contributed by atoms with van der Waals surface area (Å²) in [7, 11) is 0. The maximum absolute atomic E-state index is 5.72. The molecule has 1 aromatic carbocycles. The molecule has 0 spiro atoms. The molecule has 110 valence electrons. The summed E-state index contributed by atoms with van der Waals surface area (Å²) in [5, 5.41) is 6.00. The number of nitrogens with one attached hydrogen (secondary N) is 1. The Morgan fingerprint density at radius 3 is 2.70 bits per heavy atom. The molecule has 1 aromatic heterocycles. The third-order valence-electron chi connectivity index (χ3n) is 4.09. The molecule has 0 bridgehead atoms. The van der Waals surface area contributed by atoms with E-state index in [0.29, 0.717) is 5.92 Å². The number of nitrogens with zero attached hydrogens (tertiary/aromatic N) is 2. The Bertz CT molecular complexity index is 546. The average molecular weight is 274 g/mol. The first kappa shape index (κ1) is 15.0. The molecular weight excluding hydrogens is 248 g/mol. The van der Waals surface area contributed by atoms with Gasteiger partial charge in [0.15, 0.2) is 0 Å². The summed E-state index contributed by atoms with van der Waals surface area (Å²) < 4.78 is 2.07. The first-order chi connectivity index (χ1) is 9.69. The molecule has 0 aliphatic heterocycles. The monoisotopic (exact) mass is 274 g/mol. The Labute approximate surface area is 121 Å². The van der Waals surface area contributed by atoms with Crippen LogP contribution in [-0.4, -0.2) is 15.8 Å². The molecule has 0 radical (unpaired) electrons. The number of aryl methyl sites for hydroxylation is 1. The topological polar surface area (TPSA) is 55.9 Å². The minimum absolute atomic E-state index is 0.286. The van der Waals surface area contributed by atoms with Crippen LogP contribution in [0, 0.1) is 5.92 Å². The number of fused-ring (bicyclic) bond motifs is 1. The maximum atomic E-state index is 5.72. The van der Waals surface area contributed by atoms with Crippen molar-refractivity contribution < 1.29 is 0 Å². The summed E-state index contributed by atoms with van der Waals surface area (Å²) in [4.78, 5) is 0. The quantitative estimate of drug-likeness (QED) is 0.603. The fraction of sp³-hybridized carbons (Fsp3) is 0.562. The predicted octanol–water partition coefficient (Wildman–Crippen LogP) is 2.87. The van der Waals surface area contributed by atoms with Gasteiger partial charge in [-0.05, 0) is 25.3 Å².